The Morgan fingerprint density at radius 3 is 1.15 bits per heavy atom. The van der Waals surface area contributed by atoms with Gasteiger partial charge in [-0.15, -0.1) is 25.3 Å². The Kier molecular flexibility index (Phi) is 29.1. The van der Waals surface area contributed by atoms with Crippen molar-refractivity contribution < 1.29 is 29.8 Å². The summed E-state index contributed by atoms with van der Waals surface area (Å²) in [5, 5.41) is 3.14. The number of thiocarbonyl (C=S) groups is 2. The van der Waals surface area contributed by atoms with Gasteiger partial charge in [0.25, 0.3) is 0 Å². The maximum atomic E-state index is 5.07. The van der Waals surface area contributed by atoms with Gasteiger partial charge in [-0.3, -0.25) is 9.68 Å². The first-order valence-electron chi connectivity index (χ1n) is 5.71. The van der Waals surface area contributed by atoms with Gasteiger partial charge >= 0.3 is 0 Å². The van der Waals surface area contributed by atoms with Gasteiger partial charge in [-0.25, -0.2) is 10.1 Å². The van der Waals surface area contributed by atoms with Crippen LogP contribution in [0.25, 0.3) is 0 Å². The normalized spacial score (nSPS) is 8.30. The van der Waals surface area contributed by atoms with Crippen LogP contribution in [0.5, 0.6) is 0 Å². The summed E-state index contributed by atoms with van der Waals surface area (Å²) in [7, 11) is 0. The van der Waals surface area contributed by atoms with Crippen molar-refractivity contribution in [1.29, 1.82) is 0 Å². The second-order valence-electron chi connectivity index (χ2n) is 2.79. The van der Waals surface area contributed by atoms with Crippen LogP contribution in [0.1, 0.15) is 27.7 Å². The van der Waals surface area contributed by atoms with Crippen molar-refractivity contribution in [2.24, 2.45) is 0 Å². The smallest absolute Gasteiger partial charge is 0.157 e. The van der Waals surface area contributed by atoms with E-state index >= 15 is 0 Å². The SMILES string of the molecule is CCON(CC)C(=S)S.CCON(CC)C(=S)S.N.[99Tc]. The van der Waals surface area contributed by atoms with E-state index < -0.39 is 0 Å². The molecule has 0 atom stereocenters. The molecule has 0 aliphatic heterocycles. The molecule has 0 fully saturated rings. The predicted molar refractivity (Wildman–Crippen MR) is 96.2 cm³/mol. The summed E-state index contributed by atoms with van der Waals surface area (Å²) in [5.74, 6) is 0. The third kappa shape index (κ3) is 17.1. The third-order valence-electron chi connectivity index (χ3n) is 1.57. The predicted octanol–water partition coefficient (Wildman–Crippen LogP) is 3.11. The minimum absolute atomic E-state index is 0. The van der Waals surface area contributed by atoms with Gasteiger partial charge in [-0.2, -0.15) is 0 Å². The van der Waals surface area contributed by atoms with Gasteiger partial charge in [0.15, 0.2) is 8.64 Å². The Morgan fingerprint density at radius 2 is 1.10 bits per heavy atom. The van der Waals surface area contributed by atoms with E-state index in [9.17, 15) is 0 Å². The van der Waals surface area contributed by atoms with Gasteiger partial charge in [0.2, 0.25) is 0 Å². The van der Waals surface area contributed by atoms with Crippen LogP contribution in [0, 0.1) is 0 Å². The number of hydrogen-bond acceptors (Lipinski definition) is 5. The zero-order valence-electron chi connectivity index (χ0n) is 12.3. The van der Waals surface area contributed by atoms with Crippen molar-refractivity contribution in [3.63, 3.8) is 0 Å². The van der Waals surface area contributed by atoms with E-state index in [0.29, 0.717) is 21.9 Å². The summed E-state index contributed by atoms with van der Waals surface area (Å²) in [4.78, 5) is 10.1. The van der Waals surface area contributed by atoms with Crippen LogP contribution >= 0.6 is 49.7 Å². The molecular weight excluding hydrogens is 421 g/mol. The van der Waals surface area contributed by atoms with Crippen LogP contribution in [0.3, 0.4) is 0 Å². The van der Waals surface area contributed by atoms with Gasteiger partial charge in [0.05, 0.1) is 13.2 Å². The average Bonchev–Trinajstić information content (AvgIpc) is 2.32. The Morgan fingerprint density at radius 1 is 0.850 bits per heavy atom. The van der Waals surface area contributed by atoms with E-state index in [1.807, 2.05) is 27.7 Å². The van der Waals surface area contributed by atoms with E-state index in [-0.39, 0.29) is 26.3 Å². The molecule has 5 nitrogen and oxygen atoms in total. The Hall–Kier alpha value is 1.01. The quantitative estimate of drug-likeness (QED) is 0.329. The Balaban J connectivity index is -0.000000116. The van der Waals surface area contributed by atoms with E-state index in [1.54, 1.807) is 10.1 Å². The Bertz CT molecular complexity index is 227. The van der Waals surface area contributed by atoms with Gasteiger partial charge in [-0.05, 0) is 27.7 Å². The van der Waals surface area contributed by atoms with Crippen LogP contribution in [0.2, 0.25) is 0 Å². The first-order chi connectivity index (χ1) is 8.44. The fourth-order valence-corrected chi connectivity index (χ4v) is 1.64. The molecule has 0 unspecified atom stereocenters. The molecule has 1 radical (unpaired) electrons. The molecule has 0 aliphatic carbocycles. The monoisotopic (exact) mass is 446 g/mol. The molecule has 10 heteroatoms. The molecule has 0 saturated carbocycles. The molecule has 20 heavy (non-hydrogen) atoms. The topological polar surface area (TPSA) is 59.9 Å². The van der Waals surface area contributed by atoms with E-state index in [4.69, 9.17) is 34.1 Å². The maximum absolute atomic E-state index is 5.07. The summed E-state index contributed by atoms with van der Waals surface area (Å²) in [6, 6.07) is 0. The molecule has 0 bridgehead atoms. The van der Waals surface area contributed by atoms with Crippen molar-refractivity contribution in [3.8, 4) is 0 Å². The number of nitrogens with zero attached hydrogens (tertiary/aromatic N) is 2. The molecule has 0 spiro atoms. The minimum atomic E-state index is 0. The molecule has 0 aromatic rings. The zero-order valence-corrected chi connectivity index (χ0v) is 17.6. The molecule has 3 N–H and O–H groups in total. The van der Waals surface area contributed by atoms with Crippen molar-refractivity contribution in [2.75, 3.05) is 26.3 Å². The van der Waals surface area contributed by atoms with Crippen LogP contribution in [0.15, 0.2) is 0 Å². The van der Waals surface area contributed by atoms with Crippen LogP contribution < -0.4 is 6.15 Å². The molecule has 0 aromatic heterocycles. The van der Waals surface area contributed by atoms with Gasteiger partial charge < -0.3 is 6.15 Å². The molecule has 123 valence electrons. The van der Waals surface area contributed by atoms with Crippen molar-refractivity contribution in [2.45, 2.75) is 27.7 Å². The number of rotatable bonds is 6. The average molecular weight is 447 g/mol. The zero-order chi connectivity index (χ0) is 14.6. The fraction of sp³-hybridized carbons (Fsp3) is 0.800. The van der Waals surface area contributed by atoms with E-state index in [2.05, 4.69) is 25.3 Å². The van der Waals surface area contributed by atoms with E-state index in [0.717, 1.165) is 13.1 Å². The summed E-state index contributed by atoms with van der Waals surface area (Å²) >= 11 is 17.4. The number of hydrogen-bond donors (Lipinski definition) is 3. The number of thiol groups is 2. The van der Waals surface area contributed by atoms with Gasteiger partial charge in [0, 0.05) is 33.2 Å². The van der Waals surface area contributed by atoms with Crippen molar-refractivity contribution >= 4 is 58.3 Å². The minimum Gasteiger partial charge on any atom is -0.344 e. The van der Waals surface area contributed by atoms with Crippen molar-refractivity contribution in [3.05, 3.63) is 0 Å². The second kappa shape index (κ2) is 20.0. The Labute approximate surface area is 157 Å². The fourth-order valence-electron chi connectivity index (χ4n) is 0.875. The first-order valence-corrected chi connectivity index (χ1v) is 7.42. The van der Waals surface area contributed by atoms with Crippen molar-refractivity contribution in [1.82, 2.24) is 16.3 Å². The molecule has 0 rings (SSSR count). The molecule has 0 aliphatic rings. The molecular formula is C10H25N3O2S4Tc. The summed E-state index contributed by atoms with van der Waals surface area (Å²) in [5.41, 5.74) is 0. The first kappa shape index (κ1) is 29.1. The molecule has 0 aromatic carbocycles. The van der Waals surface area contributed by atoms with Crippen LogP contribution in [0.4, 0.5) is 0 Å². The van der Waals surface area contributed by atoms with Crippen LogP contribution in [-0.4, -0.2) is 45.1 Å². The molecule has 0 amide bonds. The summed E-state index contributed by atoms with van der Waals surface area (Å²) in [6.07, 6.45) is 0. The van der Waals surface area contributed by atoms with Gasteiger partial charge in [-0.1, -0.05) is 24.4 Å². The number of hydroxylamine groups is 4. The summed E-state index contributed by atoms with van der Waals surface area (Å²) in [6.45, 7) is 10.5. The van der Waals surface area contributed by atoms with Crippen LogP contribution in [-0.2, 0) is 29.8 Å². The standard InChI is InChI=1S/2C5H11NOS2.H3N.Tc/c2*1-3-6(5(8)9)7-4-2;;/h2*3-4H2,1-2H3,(H,8,9);1H3;/i;;;1+1. The molecule has 0 heterocycles. The largest absolute Gasteiger partial charge is 0.344 e. The van der Waals surface area contributed by atoms with E-state index in [1.165, 1.54) is 0 Å². The second-order valence-corrected chi connectivity index (χ2v) is 5.02. The van der Waals surface area contributed by atoms with Gasteiger partial charge in [0.1, 0.15) is 0 Å². The molecule has 0 saturated heterocycles. The third-order valence-corrected chi connectivity index (χ3v) is 2.42. The maximum Gasteiger partial charge on any atom is 0.157 e. The summed E-state index contributed by atoms with van der Waals surface area (Å²) < 4.78 is 0.971.